The van der Waals surface area contributed by atoms with Gasteiger partial charge in [0.15, 0.2) is 0 Å². The first-order valence-electron chi connectivity index (χ1n) is 6.01. The molecule has 0 fully saturated rings. The first kappa shape index (κ1) is 13.8. The average molecular weight is 312 g/mol. The Bertz CT molecular complexity index is 796. The molecule has 7 heteroatoms. The van der Waals surface area contributed by atoms with Crippen LogP contribution in [0.3, 0.4) is 0 Å². The van der Waals surface area contributed by atoms with Crippen molar-refractivity contribution in [3.8, 4) is 0 Å². The van der Waals surface area contributed by atoms with Crippen molar-refractivity contribution in [1.29, 1.82) is 0 Å². The first-order valence-corrected chi connectivity index (χ1v) is 6.39. The van der Waals surface area contributed by atoms with Gasteiger partial charge in [-0.2, -0.15) is 13.2 Å². The SMILES string of the molecule is FC(F)(F)c1cccc(Nc2nc3ccc(Cl)cc3[nH]2)c1. The number of nitrogens with one attached hydrogen (secondary N) is 2. The highest BCUT2D eigenvalue weighted by atomic mass is 35.5. The molecule has 0 unspecified atom stereocenters. The molecular formula is C14H9ClF3N3. The van der Waals surface area contributed by atoms with Gasteiger partial charge in [-0.15, -0.1) is 0 Å². The van der Waals surface area contributed by atoms with Crippen molar-refractivity contribution in [1.82, 2.24) is 9.97 Å². The molecule has 0 saturated carbocycles. The van der Waals surface area contributed by atoms with Crippen molar-refractivity contribution in [2.24, 2.45) is 0 Å². The molecule has 0 spiro atoms. The molecule has 0 radical (unpaired) electrons. The summed E-state index contributed by atoms with van der Waals surface area (Å²) in [6.45, 7) is 0. The monoisotopic (exact) mass is 311 g/mol. The minimum Gasteiger partial charge on any atom is -0.326 e. The molecule has 2 N–H and O–H groups in total. The molecule has 2 aromatic carbocycles. The maximum Gasteiger partial charge on any atom is 0.416 e. The van der Waals surface area contributed by atoms with Gasteiger partial charge in [-0.25, -0.2) is 4.98 Å². The molecule has 0 aliphatic carbocycles. The maximum absolute atomic E-state index is 12.7. The van der Waals surface area contributed by atoms with Crippen LogP contribution in [0.4, 0.5) is 24.8 Å². The molecule has 1 heterocycles. The lowest BCUT2D eigenvalue weighted by atomic mass is 10.2. The fourth-order valence-electron chi connectivity index (χ4n) is 1.95. The summed E-state index contributed by atoms with van der Waals surface area (Å²) in [6.07, 6.45) is -4.38. The third-order valence-corrected chi connectivity index (χ3v) is 3.13. The lowest BCUT2D eigenvalue weighted by Crippen LogP contribution is -2.05. The van der Waals surface area contributed by atoms with Gasteiger partial charge in [0.05, 0.1) is 16.6 Å². The number of benzene rings is 2. The van der Waals surface area contributed by atoms with E-state index in [-0.39, 0.29) is 0 Å². The van der Waals surface area contributed by atoms with E-state index in [1.165, 1.54) is 12.1 Å². The number of H-pyrrole nitrogens is 1. The van der Waals surface area contributed by atoms with Gasteiger partial charge < -0.3 is 10.3 Å². The van der Waals surface area contributed by atoms with E-state index in [2.05, 4.69) is 15.3 Å². The van der Waals surface area contributed by atoms with Crippen LogP contribution in [0.25, 0.3) is 11.0 Å². The topological polar surface area (TPSA) is 40.7 Å². The third kappa shape index (κ3) is 2.95. The zero-order valence-electron chi connectivity index (χ0n) is 10.5. The number of hydrogen-bond acceptors (Lipinski definition) is 2. The smallest absolute Gasteiger partial charge is 0.326 e. The summed E-state index contributed by atoms with van der Waals surface area (Å²) in [5.41, 5.74) is 0.965. The first-order chi connectivity index (χ1) is 9.91. The van der Waals surface area contributed by atoms with Crippen molar-refractivity contribution >= 4 is 34.3 Å². The Kier molecular flexibility index (Phi) is 3.25. The van der Waals surface area contributed by atoms with Crippen LogP contribution in [0.5, 0.6) is 0 Å². The summed E-state index contributed by atoms with van der Waals surface area (Å²) in [4.78, 5) is 7.19. The van der Waals surface area contributed by atoms with E-state index >= 15 is 0 Å². The number of halogens is 4. The van der Waals surface area contributed by atoms with Gasteiger partial charge in [-0.3, -0.25) is 0 Å². The van der Waals surface area contributed by atoms with Crippen molar-refractivity contribution in [2.75, 3.05) is 5.32 Å². The Hall–Kier alpha value is -2.21. The summed E-state index contributed by atoms with van der Waals surface area (Å²) in [5.74, 6) is 0.353. The van der Waals surface area contributed by atoms with E-state index in [9.17, 15) is 13.2 Å². The molecule has 0 amide bonds. The van der Waals surface area contributed by atoms with Gasteiger partial charge in [-0.1, -0.05) is 17.7 Å². The molecule has 0 aliphatic rings. The van der Waals surface area contributed by atoms with E-state index in [4.69, 9.17) is 11.6 Å². The highest BCUT2D eigenvalue weighted by molar-refractivity contribution is 6.31. The van der Waals surface area contributed by atoms with Gasteiger partial charge in [0.25, 0.3) is 0 Å². The summed E-state index contributed by atoms with van der Waals surface area (Å²) in [6, 6.07) is 10.0. The molecule has 3 nitrogen and oxygen atoms in total. The molecule has 3 rings (SSSR count). The normalized spacial score (nSPS) is 11.8. The quantitative estimate of drug-likeness (QED) is 0.701. The molecule has 3 aromatic rings. The number of alkyl halides is 3. The van der Waals surface area contributed by atoms with Crippen LogP contribution >= 0.6 is 11.6 Å². The van der Waals surface area contributed by atoms with Gasteiger partial charge in [0.2, 0.25) is 5.95 Å². The second-order valence-electron chi connectivity index (χ2n) is 4.45. The van der Waals surface area contributed by atoms with Crippen molar-refractivity contribution in [2.45, 2.75) is 6.18 Å². The Balaban J connectivity index is 1.91. The Morgan fingerprint density at radius 3 is 2.67 bits per heavy atom. The molecule has 0 bridgehead atoms. The molecule has 0 atom stereocenters. The molecule has 0 aliphatic heterocycles. The molecule has 1 aromatic heterocycles. The standard InChI is InChI=1S/C14H9ClF3N3/c15-9-4-5-11-12(7-9)21-13(20-11)19-10-3-1-2-8(6-10)14(16,17)18/h1-7H,(H2,19,20,21). The predicted octanol–water partition coefficient (Wildman–Crippen LogP) is 4.98. The zero-order valence-corrected chi connectivity index (χ0v) is 11.3. The minimum absolute atomic E-state index is 0.301. The zero-order chi connectivity index (χ0) is 15.0. The lowest BCUT2D eigenvalue weighted by Gasteiger charge is -2.08. The van der Waals surface area contributed by atoms with Gasteiger partial charge in [0, 0.05) is 10.7 Å². The largest absolute Gasteiger partial charge is 0.416 e. The van der Waals surface area contributed by atoms with Crippen molar-refractivity contribution < 1.29 is 13.2 Å². The molecule has 0 saturated heterocycles. The number of rotatable bonds is 2. The minimum atomic E-state index is -4.38. The van der Waals surface area contributed by atoms with Gasteiger partial charge in [-0.05, 0) is 36.4 Å². The average Bonchev–Trinajstić information content (AvgIpc) is 2.79. The van der Waals surface area contributed by atoms with Crippen molar-refractivity contribution in [3.05, 3.63) is 53.1 Å². The Morgan fingerprint density at radius 1 is 1.10 bits per heavy atom. The van der Waals surface area contributed by atoms with E-state index in [0.717, 1.165) is 12.1 Å². The maximum atomic E-state index is 12.7. The van der Waals surface area contributed by atoms with Crippen LogP contribution in [0.2, 0.25) is 5.02 Å². The number of aromatic amines is 1. The highest BCUT2D eigenvalue weighted by Crippen LogP contribution is 2.31. The highest BCUT2D eigenvalue weighted by Gasteiger charge is 2.30. The van der Waals surface area contributed by atoms with Crippen LogP contribution in [0, 0.1) is 0 Å². The molecular weight excluding hydrogens is 303 g/mol. The number of anilines is 2. The van der Waals surface area contributed by atoms with Crippen LogP contribution in [0.1, 0.15) is 5.56 Å². The summed E-state index contributed by atoms with van der Waals surface area (Å²) < 4.78 is 38.0. The summed E-state index contributed by atoms with van der Waals surface area (Å²) in [5, 5.41) is 3.37. The number of fused-ring (bicyclic) bond motifs is 1. The predicted molar refractivity (Wildman–Crippen MR) is 75.8 cm³/mol. The number of aromatic nitrogens is 2. The fourth-order valence-corrected chi connectivity index (χ4v) is 2.12. The third-order valence-electron chi connectivity index (χ3n) is 2.90. The van der Waals surface area contributed by atoms with E-state index in [1.54, 1.807) is 18.2 Å². The van der Waals surface area contributed by atoms with Crippen LogP contribution in [-0.2, 0) is 6.18 Å². The summed E-state index contributed by atoms with van der Waals surface area (Å²) in [7, 11) is 0. The number of nitrogens with zero attached hydrogens (tertiary/aromatic N) is 1. The number of imidazole rings is 1. The fraction of sp³-hybridized carbons (Fsp3) is 0.0714. The van der Waals surface area contributed by atoms with Crippen LogP contribution in [-0.4, -0.2) is 9.97 Å². The summed E-state index contributed by atoms with van der Waals surface area (Å²) >= 11 is 5.87. The lowest BCUT2D eigenvalue weighted by molar-refractivity contribution is -0.137. The number of hydrogen-bond donors (Lipinski definition) is 2. The Labute approximate surface area is 122 Å². The van der Waals surface area contributed by atoms with Crippen molar-refractivity contribution in [3.63, 3.8) is 0 Å². The molecule has 21 heavy (non-hydrogen) atoms. The van der Waals surface area contributed by atoms with Gasteiger partial charge >= 0.3 is 6.18 Å². The van der Waals surface area contributed by atoms with Crippen LogP contribution < -0.4 is 5.32 Å². The molecule has 108 valence electrons. The van der Waals surface area contributed by atoms with Crippen LogP contribution in [0.15, 0.2) is 42.5 Å². The second kappa shape index (κ2) is 4.96. The van der Waals surface area contributed by atoms with E-state index < -0.39 is 11.7 Å². The Morgan fingerprint density at radius 2 is 1.90 bits per heavy atom. The second-order valence-corrected chi connectivity index (χ2v) is 4.89. The van der Waals surface area contributed by atoms with E-state index in [1.807, 2.05) is 0 Å². The van der Waals surface area contributed by atoms with Gasteiger partial charge in [0.1, 0.15) is 0 Å². The van der Waals surface area contributed by atoms with E-state index in [0.29, 0.717) is 27.7 Å².